The predicted octanol–water partition coefficient (Wildman–Crippen LogP) is 5.94. The molecule has 0 radical (unpaired) electrons. The molecule has 0 N–H and O–H groups in total. The lowest BCUT2D eigenvalue weighted by Gasteiger charge is -2.33. The third kappa shape index (κ3) is 3.55. The van der Waals surface area contributed by atoms with E-state index in [-0.39, 0.29) is 0 Å². The summed E-state index contributed by atoms with van der Waals surface area (Å²) in [4.78, 5) is 4.33. The first-order valence-electron chi connectivity index (χ1n) is 9.71. The van der Waals surface area contributed by atoms with Gasteiger partial charge in [0.05, 0.1) is 24.1 Å². The second-order valence-electron chi connectivity index (χ2n) is 7.70. The molecule has 4 nitrogen and oxygen atoms in total. The van der Waals surface area contributed by atoms with Crippen LogP contribution in [0.2, 0.25) is 5.02 Å². The smallest absolute Gasteiger partial charge is 0.219 e. The molecule has 1 atom stereocenters. The lowest BCUT2D eigenvalue weighted by Crippen LogP contribution is -2.23. The molecule has 1 aromatic carbocycles. The second kappa shape index (κ2) is 7.51. The van der Waals surface area contributed by atoms with Gasteiger partial charge in [0.25, 0.3) is 0 Å². The van der Waals surface area contributed by atoms with Gasteiger partial charge >= 0.3 is 0 Å². The maximum atomic E-state index is 6.14. The summed E-state index contributed by atoms with van der Waals surface area (Å²) in [5.41, 5.74) is 3.44. The lowest BCUT2D eigenvalue weighted by molar-refractivity contribution is 0.219. The number of hydrogen-bond donors (Lipinski definition) is 0. The predicted molar refractivity (Wildman–Crippen MR) is 110 cm³/mol. The summed E-state index contributed by atoms with van der Waals surface area (Å²) in [5.74, 6) is 2.08. The Hall–Kier alpha value is -2.07. The first-order valence-corrected chi connectivity index (χ1v) is 10.1. The zero-order chi connectivity index (χ0) is 19.0. The van der Waals surface area contributed by atoms with E-state index in [1.54, 1.807) is 7.11 Å². The normalized spacial score (nSPS) is 21.3. The number of benzene rings is 1. The van der Waals surface area contributed by atoms with Gasteiger partial charge in [-0.05, 0) is 87.3 Å². The van der Waals surface area contributed by atoms with Crippen molar-refractivity contribution in [2.24, 2.45) is 5.92 Å². The summed E-state index contributed by atoms with van der Waals surface area (Å²) in [6.07, 6.45) is 6.77. The van der Waals surface area contributed by atoms with Crippen molar-refractivity contribution in [1.29, 1.82) is 0 Å². The Bertz CT molecular complexity index is 944. The van der Waals surface area contributed by atoms with Gasteiger partial charge in [-0.15, -0.1) is 0 Å². The Morgan fingerprint density at radius 2 is 1.93 bits per heavy atom. The maximum absolute atomic E-state index is 6.14. The summed E-state index contributed by atoms with van der Waals surface area (Å²) in [5, 5.41) is 6.53. The SMILES string of the molecule is COc1c2ccc(Cl)cc2nn1[C@H](C)C1CCC(c2ccnc(C)c2)CC1. The molecule has 0 bridgehead atoms. The van der Waals surface area contributed by atoms with E-state index < -0.39 is 0 Å². The van der Waals surface area contributed by atoms with Crippen molar-refractivity contribution in [3.05, 3.63) is 52.8 Å². The highest BCUT2D eigenvalue weighted by atomic mass is 35.5. The molecule has 0 unspecified atom stereocenters. The van der Waals surface area contributed by atoms with Crippen molar-refractivity contribution in [1.82, 2.24) is 14.8 Å². The number of pyridine rings is 1. The van der Waals surface area contributed by atoms with Gasteiger partial charge in [-0.1, -0.05) is 11.6 Å². The van der Waals surface area contributed by atoms with Crippen molar-refractivity contribution in [2.75, 3.05) is 7.11 Å². The van der Waals surface area contributed by atoms with E-state index in [9.17, 15) is 0 Å². The minimum absolute atomic E-state index is 0.297. The Kier molecular flexibility index (Phi) is 5.09. The van der Waals surface area contributed by atoms with Crippen molar-refractivity contribution >= 4 is 22.5 Å². The van der Waals surface area contributed by atoms with Gasteiger partial charge in [-0.2, -0.15) is 5.10 Å². The fourth-order valence-corrected chi connectivity index (χ4v) is 4.66. The second-order valence-corrected chi connectivity index (χ2v) is 8.13. The largest absolute Gasteiger partial charge is 0.481 e. The number of hydrogen-bond acceptors (Lipinski definition) is 3. The molecule has 27 heavy (non-hydrogen) atoms. The molecule has 0 spiro atoms. The van der Waals surface area contributed by atoms with E-state index in [1.165, 1.54) is 31.2 Å². The van der Waals surface area contributed by atoms with Gasteiger partial charge in [-0.3, -0.25) is 4.98 Å². The van der Waals surface area contributed by atoms with Crippen LogP contribution < -0.4 is 4.74 Å². The van der Waals surface area contributed by atoms with Crippen LogP contribution in [0, 0.1) is 12.8 Å². The van der Waals surface area contributed by atoms with E-state index in [0.717, 1.165) is 22.5 Å². The van der Waals surface area contributed by atoms with Gasteiger partial charge in [-0.25, -0.2) is 4.68 Å². The van der Waals surface area contributed by atoms with Crippen LogP contribution in [-0.4, -0.2) is 21.9 Å². The highest BCUT2D eigenvalue weighted by molar-refractivity contribution is 6.31. The van der Waals surface area contributed by atoms with Gasteiger partial charge in [0.15, 0.2) is 0 Å². The standard InChI is InChI=1S/C22H26ClN3O/c1-14-12-18(10-11-24-14)17-6-4-16(5-7-17)15(2)26-22(27-3)20-9-8-19(23)13-21(20)25-26/h8-13,15-17H,4-7H2,1-3H3/t15-,16?,17?/m1/s1. The highest BCUT2D eigenvalue weighted by Crippen LogP contribution is 2.42. The monoisotopic (exact) mass is 383 g/mol. The molecule has 5 heteroatoms. The van der Waals surface area contributed by atoms with E-state index in [0.29, 0.717) is 22.9 Å². The van der Waals surface area contributed by atoms with Crippen molar-refractivity contribution in [3.8, 4) is 5.88 Å². The first kappa shape index (κ1) is 18.3. The number of halogens is 1. The molecule has 0 amide bonds. The van der Waals surface area contributed by atoms with Crippen LogP contribution in [0.4, 0.5) is 0 Å². The van der Waals surface area contributed by atoms with Crippen molar-refractivity contribution < 1.29 is 4.74 Å². The summed E-state index contributed by atoms with van der Waals surface area (Å²) < 4.78 is 7.76. The van der Waals surface area contributed by atoms with Crippen LogP contribution in [-0.2, 0) is 0 Å². The van der Waals surface area contributed by atoms with Crippen LogP contribution in [0.5, 0.6) is 5.88 Å². The van der Waals surface area contributed by atoms with Crippen molar-refractivity contribution in [3.63, 3.8) is 0 Å². The maximum Gasteiger partial charge on any atom is 0.219 e. The summed E-state index contributed by atoms with van der Waals surface area (Å²) in [6, 6.07) is 10.5. The van der Waals surface area contributed by atoms with E-state index in [4.69, 9.17) is 21.4 Å². The lowest BCUT2D eigenvalue weighted by atomic mass is 9.76. The quantitative estimate of drug-likeness (QED) is 0.560. The number of aryl methyl sites for hydroxylation is 1. The number of ether oxygens (including phenoxy) is 1. The fourth-order valence-electron chi connectivity index (χ4n) is 4.49. The molecule has 1 saturated carbocycles. The highest BCUT2D eigenvalue weighted by Gasteiger charge is 2.29. The molecule has 1 fully saturated rings. The average Bonchev–Trinajstić information content (AvgIpc) is 3.05. The van der Waals surface area contributed by atoms with Crippen LogP contribution in [0.25, 0.3) is 10.9 Å². The fraction of sp³-hybridized carbons (Fsp3) is 0.455. The van der Waals surface area contributed by atoms with Gasteiger partial charge in [0.2, 0.25) is 5.88 Å². The number of aromatic nitrogens is 3. The Morgan fingerprint density at radius 1 is 1.15 bits per heavy atom. The van der Waals surface area contributed by atoms with Gasteiger partial charge in [0.1, 0.15) is 0 Å². The molecule has 4 rings (SSSR count). The minimum Gasteiger partial charge on any atom is -0.481 e. The molecule has 0 aliphatic heterocycles. The molecule has 3 aromatic rings. The molecular formula is C22H26ClN3O. The van der Waals surface area contributed by atoms with E-state index in [2.05, 4.69) is 35.6 Å². The third-order valence-corrected chi connectivity index (χ3v) is 6.27. The van der Waals surface area contributed by atoms with Crippen LogP contribution in [0.15, 0.2) is 36.5 Å². The van der Waals surface area contributed by atoms with Crippen LogP contribution in [0.1, 0.15) is 55.8 Å². The third-order valence-electron chi connectivity index (χ3n) is 6.04. The zero-order valence-corrected chi connectivity index (χ0v) is 16.9. The molecule has 142 valence electrons. The van der Waals surface area contributed by atoms with Crippen molar-refractivity contribution in [2.45, 2.75) is 51.5 Å². The zero-order valence-electron chi connectivity index (χ0n) is 16.2. The molecule has 1 aliphatic carbocycles. The molecular weight excluding hydrogens is 358 g/mol. The Balaban J connectivity index is 1.52. The van der Waals surface area contributed by atoms with Crippen LogP contribution in [0.3, 0.4) is 0 Å². The topological polar surface area (TPSA) is 39.9 Å². The summed E-state index contributed by atoms with van der Waals surface area (Å²) in [7, 11) is 1.72. The number of fused-ring (bicyclic) bond motifs is 1. The number of rotatable bonds is 4. The minimum atomic E-state index is 0.297. The Morgan fingerprint density at radius 3 is 2.63 bits per heavy atom. The Labute approximate surface area is 165 Å². The average molecular weight is 384 g/mol. The van der Waals surface area contributed by atoms with E-state index in [1.807, 2.05) is 24.4 Å². The summed E-state index contributed by atoms with van der Waals surface area (Å²) in [6.45, 7) is 4.33. The molecule has 2 aromatic heterocycles. The number of methoxy groups -OCH3 is 1. The molecule has 1 aliphatic rings. The van der Waals surface area contributed by atoms with Gasteiger partial charge in [0, 0.05) is 16.9 Å². The van der Waals surface area contributed by atoms with E-state index >= 15 is 0 Å². The van der Waals surface area contributed by atoms with Gasteiger partial charge < -0.3 is 4.74 Å². The first-order chi connectivity index (χ1) is 13.1. The summed E-state index contributed by atoms with van der Waals surface area (Å²) >= 11 is 6.14. The molecule has 0 saturated heterocycles. The number of nitrogens with zero attached hydrogens (tertiary/aromatic N) is 3. The van der Waals surface area contributed by atoms with Crippen LogP contribution >= 0.6 is 11.6 Å². The molecule has 2 heterocycles.